The third kappa shape index (κ3) is 11.5. The second-order valence-corrected chi connectivity index (χ2v) is 13.1. The number of unbranched alkanes of at least 4 members (excludes halogenated alkanes) is 3. The first kappa shape index (κ1) is 37.4. The molecule has 0 saturated carbocycles. The molecule has 1 N–H and O–H groups in total. The van der Waals surface area contributed by atoms with Crippen LogP contribution in [0.1, 0.15) is 99.3 Å². The highest BCUT2D eigenvalue weighted by Gasteiger charge is 2.38. The lowest BCUT2D eigenvalue weighted by atomic mass is 9.91. The van der Waals surface area contributed by atoms with Crippen molar-refractivity contribution in [1.29, 1.82) is 0 Å². The summed E-state index contributed by atoms with van der Waals surface area (Å²) in [5.74, 6) is 1.19. The predicted molar refractivity (Wildman–Crippen MR) is 167 cm³/mol. The van der Waals surface area contributed by atoms with Gasteiger partial charge in [-0.3, -0.25) is 29.4 Å². The molecule has 0 aromatic carbocycles. The number of rotatable bonds is 21. The van der Waals surface area contributed by atoms with Gasteiger partial charge >= 0.3 is 0 Å². The molecular formula is C31H58N4O5S. The van der Waals surface area contributed by atoms with Gasteiger partial charge in [0, 0.05) is 40.6 Å². The van der Waals surface area contributed by atoms with Crippen molar-refractivity contribution < 1.29 is 23.9 Å². The fraction of sp³-hybridized carbons (Fsp3) is 0.871. The lowest BCUT2D eigenvalue weighted by molar-refractivity contribution is -0.138. The summed E-state index contributed by atoms with van der Waals surface area (Å²) in [5, 5.41) is 3.10. The van der Waals surface area contributed by atoms with Crippen LogP contribution in [0.15, 0.2) is 0 Å². The molecule has 1 fully saturated rings. The number of nitrogens with zero attached hydrogens (tertiary/aromatic N) is 3. The van der Waals surface area contributed by atoms with Crippen molar-refractivity contribution in [3.63, 3.8) is 0 Å². The standard InChI is InChI=1S/C31H58N4O5S/c1-10-13-19-41-25-20-27(37)35(31(25)39)18-16-14-15-17-26(36)34(8)30(22(4)5)32-21-28(38)33(7)29(23(6)11-2)24(12-3)40-9/h22-25,29-30,32H,10-21H2,1-9H3. The van der Waals surface area contributed by atoms with E-state index in [2.05, 4.69) is 33.0 Å². The Hall–Kier alpha value is -1.65. The van der Waals surface area contributed by atoms with Gasteiger partial charge in [-0.15, -0.1) is 11.8 Å². The van der Waals surface area contributed by atoms with Crippen molar-refractivity contribution in [2.24, 2.45) is 11.8 Å². The summed E-state index contributed by atoms with van der Waals surface area (Å²) in [5.41, 5.74) is 0. The number of nitrogens with one attached hydrogen (secondary N) is 1. The predicted octanol–water partition coefficient (Wildman–Crippen LogP) is 4.54. The highest BCUT2D eigenvalue weighted by atomic mass is 32.2. The van der Waals surface area contributed by atoms with E-state index in [0.717, 1.165) is 37.9 Å². The maximum atomic E-state index is 13.2. The van der Waals surface area contributed by atoms with E-state index in [9.17, 15) is 19.2 Å². The SMILES string of the molecule is CCCCSC1CC(=O)N(CCCCCC(=O)N(C)C(NCC(=O)N(C)C(C(C)CC)C(CC)OC)C(C)C)C1=O. The van der Waals surface area contributed by atoms with Crippen molar-refractivity contribution in [2.45, 2.75) is 123 Å². The highest BCUT2D eigenvalue weighted by molar-refractivity contribution is 8.00. The number of likely N-dealkylation sites (N-methyl/N-ethyl adjacent to an activating group) is 1. The summed E-state index contributed by atoms with van der Waals surface area (Å²) in [4.78, 5) is 56.0. The first-order valence-electron chi connectivity index (χ1n) is 15.7. The van der Waals surface area contributed by atoms with Crippen molar-refractivity contribution in [1.82, 2.24) is 20.0 Å². The Morgan fingerprint density at radius 3 is 2.24 bits per heavy atom. The van der Waals surface area contributed by atoms with E-state index in [1.165, 1.54) is 4.90 Å². The molecule has 5 atom stereocenters. The van der Waals surface area contributed by atoms with Crippen LogP contribution >= 0.6 is 11.8 Å². The van der Waals surface area contributed by atoms with Crippen molar-refractivity contribution in [3.05, 3.63) is 0 Å². The van der Waals surface area contributed by atoms with E-state index in [0.29, 0.717) is 38.1 Å². The van der Waals surface area contributed by atoms with E-state index in [1.54, 1.807) is 35.7 Å². The molecule has 0 bridgehead atoms. The average molecular weight is 599 g/mol. The second-order valence-electron chi connectivity index (χ2n) is 11.7. The molecule has 0 aromatic rings. The highest BCUT2D eigenvalue weighted by Crippen LogP contribution is 2.26. The van der Waals surface area contributed by atoms with Gasteiger partial charge in [0.05, 0.1) is 30.1 Å². The second kappa shape index (κ2) is 19.5. The smallest absolute Gasteiger partial charge is 0.242 e. The molecule has 0 radical (unpaired) electrons. The number of amides is 4. The van der Waals surface area contributed by atoms with Crippen LogP contribution in [0, 0.1) is 11.8 Å². The van der Waals surface area contributed by atoms with Crippen LogP contribution in [0.3, 0.4) is 0 Å². The quantitative estimate of drug-likeness (QED) is 0.118. The number of ether oxygens (including phenoxy) is 1. The van der Waals surface area contributed by atoms with Crippen LogP contribution in [0.5, 0.6) is 0 Å². The number of methoxy groups -OCH3 is 1. The summed E-state index contributed by atoms with van der Waals surface area (Å²) in [6.07, 6.45) is 6.45. The monoisotopic (exact) mass is 598 g/mol. The van der Waals surface area contributed by atoms with Crippen molar-refractivity contribution >= 4 is 35.4 Å². The summed E-state index contributed by atoms with van der Waals surface area (Å²) in [7, 11) is 5.33. The molecule has 238 valence electrons. The minimum Gasteiger partial charge on any atom is -0.379 e. The maximum absolute atomic E-state index is 13.2. The Kier molecular flexibility index (Phi) is 17.8. The molecule has 10 heteroatoms. The lowest BCUT2D eigenvalue weighted by Gasteiger charge is -2.38. The Labute approximate surface area is 253 Å². The van der Waals surface area contributed by atoms with Crippen LogP contribution in [0.25, 0.3) is 0 Å². The molecule has 0 aliphatic carbocycles. The van der Waals surface area contributed by atoms with E-state index < -0.39 is 0 Å². The van der Waals surface area contributed by atoms with Gasteiger partial charge in [0.2, 0.25) is 23.6 Å². The summed E-state index contributed by atoms with van der Waals surface area (Å²) < 4.78 is 5.70. The van der Waals surface area contributed by atoms with Gasteiger partial charge in [0.15, 0.2) is 0 Å². The summed E-state index contributed by atoms with van der Waals surface area (Å²) in [6.45, 7) is 13.1. The number of likely N-dealkylation sites (tertiary alicyclic amines) is 1. The van der Waals surface area contributed by atoms with Gasteiger partial charge in [-0.1, -0.05) is 60.8 Å². The maximum Gasteiger partial charge on any atom is 0.242 e. The molecule has 1 aliphatic heterocycles. The molecule has 9 nitrogen and oxygen atoms in total. The normalized spacial score (nSPS) is 18.5. The molecule has 0 spiro atoms. The Balaban J connectivity index is 2.55. The van der Waals surface area contributed by atoms with E-state index in [4.69, 9.17) is 4.74 Å². The molecule has 0 aromatic heterocycles. The number of hydrogen-bond acceptors (Lipinski definition) is 7. The van der Waals surface area contributed by atoms with Crippen LogP contribution < -0.4 is 5.32 Å². The van der Waals surface area contributed by atoms with E-state index in [1.807, 2.05) is 20.9 Å². The van der Waals surface area contributed by atoms with Crippen molar-refractivity contribution in [2.75, 3.05) is 40.0 Å². The molecule has 1 aliphatic rings. The molecule has 41 heavy (non-hydrogen) atoms. The van der Waals surface area contributed by atoms with Crippen LogP contribution in [0.4, 0.5) is 0 Å². The van der Waals surface area contributed by atoms with Gasteiger partial charge in [-0.25, -0.2) is 0 Å². The Morgan fingerprint density at radius 1 is 1.00 bits per heavy atom. The zero-order valence-corrected chi connectivity index (χ0v) is 28.1. The summed E-state index contributed by atoms with van der Waals surface area (Å²) in [6, 6.07) is -0.0157. The number of thioether (sulfide) groups is 1. The minimum atomic E-state index is -0.270. The number of carbonyl (C=O) groups is 4. The summed E-state index contributed by atoms with van der Waals surface area (Å²) >= 11 is 1.60. The third-order valence-electron chi connectivity index (χ3n) is 8.35. The molecule has 4 amide bonds. The van der Waals surface area contributed by atoms with E-state index in [-0.39, 0.29) is 59.7 Å². The first-order valence-corrected chi connectivity index (χ1v) is 16.7. The molecule has 1 saturated heterocycles. The van der Waals surface area contributed by atoms with E-state index >= 15 is 0 Å². The topological polar surface area (TPSA) is 99.3 Å². The van der Waals surface area contributed by atoms with Gasteiger partial charge in [-0.2, -0.15) is 0 Å². The zero-order valence-electron chi connectivity index (χ0n) is 27.2. The molecular weight excluding hydrogens is 540 g/mol. The van der Waals surface area contributed by atoms with Crippen LogP contribution in [-0.2, 0) is 23.9 Å². The lowest BCUT2D eigenvalue weighted by Crippen LogP contribution is -2.55. The van der Waals surface area contributed by atoms with Crippen LogP contribution in [0.2, 0.25) is 0 Å². The fourth-order valence-corrected chi connectivity index (χ4v) is 6.80. The largest absolute Gasteiger partial charge is 0.379 e. The van der Waals surface area contributed by atoms with Gasteiger partial charge in [0.25, 0.3) is 0 Å². The zero-order chi connectivity index (χ0) is 31.1. The van der Waals surface area contributed by atoms with Crippen molar-refractivity contribution in [3.8, 4) is 0 Å². The number of carbonyl (C=O) groups excluding carboxylic acids is 4. The number of imide groups is 1. The van der Waals surface area contributed by atoms with Gasteiger partial charge < -0.3 is 14.5 Å². The van der Waals surface area contributed by atoms with Gasteiger partial charge in [0.1, 0.15) is 0 Å². The minimum absolute atomic E-state index is 0.0145. The van der Waals surface area contributed by atoms with Gasteiger partial charge in [-0.05, 0) is 43.3 Å². The Bertz CT molecular complexity index is 822. The number of hydrogen-bond donors (Lipinski definition) is 1. The molecule has 1 heterocycles. The van der Waals surface area contributed by atoms with Crippen LogP contribution in [-0.4, -0.2) is 102 Å². The Morgan fingerprint density at radius 2 is 1.68 bits per heavy atom. The average Bonchev–Trinajstić information content (AvgIpc) is 3.21. The molecule has 1 rings (SSSR count). The molecule has 5 unspecified atom stereocenters. The fourth-order valence-electron chi connectivity index (χ4n) is 5.53. The first-order chi connectivity index (χ1) is 19.4. The third-order valence-corrected chi connectivity index (χ3v) is 9.65.